The zero-order chi connectivity index (χ0) is 15.0. The Labute approximate surface area is 125 Å². The van der Waals surface area contributed by atoms with Gasteiger partial charge in [0.1, 0.15) is 5.69 Å². The highest BCUT2D eigenvalue weighted by atomic mass is 16.2. The van der Waals surface area contributed by atoms with E-state index in [4.69, 9.17) is 0 Å². The van der Waals surface area contributed by atoms with Crippen molar-refractivity contribution in [2.45, 2.75) is 26.7 Å². The van der Waals surface area contributed by atoms with Crippen molar-refractivity contribution in [3.63, 3.8) is 0 Å². The second-order valence-corrected chi connectivity index (χ2v) is 6.51. The van der Waals surface area contributed by atoms with Gasteiger partial charge in [0.15, 0.2) is 0 Å². The Morgan fingerprint density at radius 2 is 2.05 bits per heavy atom. The third kappa shape index (κ3) is 2.46. The first-order valence-electron chi connectivity index (χ1n) is 7.33. The Morgan fingerprint density at radius 3 is 2.67 bits per heavy atom. The van der Waals surface area contributed by atoms with Crippen molar-refractivity contribution >= 4 is 5.91 Å². The number of H-pyrrole nitrogens is 1. The number of aromatic amines is 1. The first-order valence-corrected chi connectivity index (χ1v) is 7.33. The van der Waals surface area contributed by atoms with Crippen LogP contribution in [0.3, 0.4) is 0 Å². The highest BCUT2D eigenvalue weighted by Crippen LogP contribution is 2.42. The normalized spacial score (nSPS) is 20.7. The van der Waals surface area contributed by atoms with Crippen molar-refractivity contribution < 1.29 is 4.79 Å². The number of carbonyl (C=O) groups excluding carboxylic acids is 1. The van der Waals surface area contributed by atoms with Crippen LogP contribution < -0.4 is 0 Å². The van der Waals surface area contributed by atoms with Gasteiger partial charge in [0.2, 0.25) is 0 Å². The van der Waals surface area contributed by atoms with Crippen molar-refractivity contribution in [3.05, 3.63) is 53.6 Å². The molecular formula is C17H21N3O. The van der Waals surface area contributed by atoms with Gasteiger partial charge in [-0.15, -0.1) is 0 Å². The van der Waals surface area contributed by atoms with Crippen LogP contribution in [-0.2, 0) is 0 Å². The summed E-state index contributed by atoms with van der Waals surface area (Å²) in [5.74, 6) is 0.391. The molecule has 1 aromatic heterocycles. The van der Waals surface area contributed by atoms with Crippen LogP contribution in [0.4, 0.5) is 0 Å². The van der Waals surface area contributed by atoms with Crippen molar-refractivity contribution in [2.75, 3.05) is 13.1 Å². The summed E-state index contributed by atoms with van der Waals surface area (Å²) in [5, 5.41) is 0. The molecule has 2 aromatic rings. The maximum Gasteiger partial charge on any atom is 0.274 e. The van der Waals surface area contributed by atoms with Crippen LogP contribution in [0.2, 0.25) is 0 Å². The molecule has 1 fully saturated rings. The molecule has 1 aliphatic heterocycles. The molecule has 2 heterocycles. The van der Waals surface area contributed by atoms with E-state index in [1.807, 2.05) is 17.9 Å². The summed E-state index contributed by atoms with van der Waals surface area (Å²) in [6.07, 6.45) is 1.58. The molecule has 0 aliphatic carbocycles. The minimum Gasteiger partial charge on any atom is -0.348 e. The number of nitrogens with zero attached hydrogens (tertiary/aromatic N) is 2. The number of aromatic nitrogens is 2. The second kappa shape index (κ2) is 5.02. The lowest BCUT2D eigenvalue weighted by Gasteiger charge is -2.25. The van der Waals surface area contributed by atoms with Crippen LogP contribution in [0.15, 0.2) is 36.7 Å². The number of benzene rings is 1. The van der Waals surface area contributed by atoms with Gasteiger partial charge in [-0.25, -0.2) is 4.98 Å². The molecule has 0 spiro atoms. The highest BCUT2D eigenvalue weighted by Gasteiger charge is 2.42. The van der Waals surface area contributed by atoms with Gasteiger partial charge in [0, 0.05) is 24.7 Å². The van der Waals surface area contributed by atoms with E-state index < -0.39 is 0 Å². The number of likely N-dealkylation sites (tertiary alicyclic amines) is 1. The summed E-state index contributed by atoms with van der Waals surface area (Å²) in [6, 6.07) is 10.5. The topological polar surface area (TPSA) is 49.0 Å². The summed E-state index contributed by atoms with van der Waals surface area (Å²) in [4.78, 5) is 21.7. The molecule has 4 nitrogen and oxygen atoms in total. The van der Waals surface area contributed by atoms with E-state index in [9.17, 15) is 4.79 Å². The monoisotopic (exact) mass is 283 g/mol. The Hall–Kier alpha value is -2.10. The van der Waals surface area contributed by atoms with Gasteiger partial charge in [-0.1, -0.05) is 44.2 Å². The first kappa shape index (κ1) is 13.9. The second-order valence-electron chi connectivity index (χ2n) is 6.51. The molecule has 0 bridgehead atoms. The number of amides is 1. The zero-order valence-corrected chi connectivity index (χ0v) is 12.8. The number of hydrogen-bond donors (Lipinski definition) is 1. The van der Waals surface area contributed by atoms with Crippen LogP contribution in [0.5, 0.6) is 0 Å². The van der Waals surface area contributed by atoms with E-state index in [0.717, 1.165) is 18.8 Å². The number of hydrogen-bond acceptors (Lipinski definition) is 2. The van der Waals surface area contributed by atoms with Crippen LogP contribution in [-0.4, -0.2) is 33.9 Å². The van der Waals surface area contributed by atoms with E-state index in [2.05, 4.69) is 48.1 Å². The smallest absolute Gasteiger partial charge is 0.274 e. The number of nitrogens with one attached hydrogen (secondary N) is 1. The van der Waals surface area contributed by atoms with E-state index >= 15 is 0 Å². The standard InChI is InChI=1S/C17H21N3O/c1-12-15(19-11-18-12)16(21)20-9-14(17(2,3)10-20)13-7-5-4-6-8-13/h4-8,11,14H,9-10H2,1-3H3,(H,18,19)/t14-/m1/s1. The van der Waals surface area contributed by atoms with Gasteiger partial charge >= 0.3 is 0 Å². The molecule has 1 N–H and O–H groups in total. The highest BCUT2D eigenvalue weighted by molar-refractivity contribution is 5.93. The van der Waals surface area contributed by atoms with Crippen molar-refractivity contribution in [3.8, 4) is 0 Å². The largest absolute Gasteiger partial charge is 0.348 e. The average molecular weight is 283 g/mol. The summed E-state index contributed by atoms with van der Waals surface area (Å²) in [5.41, 5.74) is 2.75. The van der Waals surface area contributed by atoms with Crippen LogP contribution in [0.25, 0.3) is 0 Å². The summed E-state index contributed by atoms with van der Waals surface area (Å²) >= 11 is 0. The van der Waals surface area contributed by atoms with Gasteiger partial charge in [0.05, 0.1) is 6.33 Å². The number of carbonyl (C=O) groups is 1. The molecule has 0 radical (unpaired) electrons. The third-order valence-corrected chi connectivity index (χ3v) is 4.47. The number of imidazole rings is 1. The molecule has 1 aliphatic rings. The zero-order valence-electron chi connectivity index (χ0n) is 12.8. The molecule has 110 valence electrons. The molecule has 1 atom stereocenters. The summed E-state index contributed by atoms with van der Waals surface area (Å²) in [7, 11) is 0. The van der Waals surface area contributed by atoms with E-state index in [1.54, 1.807) is 6.33 Å². The average Bonchev–Trinajstić information content (AvgIpc) is 3.02. The predicted octanol–water partition coefficient (Wildman–Crippen LogP) is 2.98. The van der Waals surface area contributed by atoms with Crippen LogP contribution >= 0.6 is 0 Å². The fraction of sp³-hybridized carbons (Fsp3) is 0.412. The Bertz CT molecular complexity index is 645. The molecule has 0 unspecified atom stereocenters. The minimum absolute atomic E-state index is 0.0280. The molecule has 0 saturated carbocycles. The minimum atomic E-state index is 0.0280. The lowest BCUT2D eigenvalue weighted by molar-refractivity contribution is 0.0772. The van der Waals surface area contributed by atoms with E-state index in [0.29, 0.717) is 11.6 Å². The van der Waals surface area contributed by atoms with Gasteiger partial charge in [-0.2, -0.15) is 0 Å². The van der Waals surface area contributed by atoms with Crippen LogP contribution in [0.1, 0.15) is 41.5 Å². The van der Waals surface area contributed by atoms with E-state index in [1.165, 1.54) is 5.56 Å². The van der Waals surface area contributed by atoms with Crippen molar-refractivity contribution in [1.82, 2.24) is 14.9 Å². The van der Waals surface area contributed by atoms with Crippen LogP contribution in [0, 0.1) is 12.3 Å². The van der Waals surface area contributed by atoms with E-state index in [-0.39, 0.29) is 11.3 Å². The predicted molar refractivity (Wildman–Crippen MR) is 82.2 cm³/mol. The molecule has 4 heteroatoms. The van der Waals surface area contributed by atoms with Crippen molar-refractivity contribution in [1.29, 1.82) is 0 Å². The Morgan fingerprint density at radius 1 is 1.33 bits per heavy atom. The molecule has 1 amide bonds. The van der Waals surface area contributed by atoms with Gasteiger partial charge in [0.25, 0.3) is 5.91 Å². The molecular weight excluding hydrogens is 262 g/mol. The quantitative estimate of drug-likeness (QED) is 0.921. The van der Waals surface area contributed by atoms with Gasteiger partial charge < -0.3 is 9.88 Å². The Kier molecular flexibility index (Phi) is 3.32. The lowest BCUT2D eigenvalue weighted by atomic mass is 9.78. The maximum absolute atomic E-state index is 12.6. The fourth-order valence-corrected chi connectivity index (χ4v) is 3.26. The van der Waals surface area contributed by atoms with Gasteiger partial charge in [-0.3, -0.25) is 4.79 Å². The maximum atomic E-state index is 12.6. The molecule has 1 saturated heterocycles. The molecule has 21 heavy (non-hydrogen) atoms. The van der Waals surface area contributed by atoms with Gasteiger partial charge in [-0.05, 0) is 17.9 Å². The molecule has 3 rings (SSSR count). The number of aryl methyl sites for hydroxylation is 1. The van der Waals surface area contributed by atoms with Crippen molar-refractivity contribution in [2.24, 2.45) is 5.41 Å². The Balaban J connectivity index is 1.85. The first-order chi connectivity index (χ1) is 9.99. The molecule has 1 aromatic carbocycles. The summed E-state index contributed by atoms with van der Waals surface area (Å²) in [6.45, 7) is 7.86. The fourth-order valence-electron chi connectivity index (χ4n) is 3.26. The third-order valence-electron chi connectivity index (χ3n) is 4.47. The lowest BCUT2D eigenvalue weighted by Crippen LogP contribution is -2.30. The number of rotatable bonds is 2. The SMILES string of the molecule is Cc1[nH]cnc1C(=O)N1C[C@H](c2ccccc2)C(C)(C)C1. The summed E-state index contributed by atoms with van der Waals surface area (Å²) < 4.78 is 0.